The van der Waals surface area contributed by atoms with Crippen LogP contribution in [0.25, 0.3) is 237 Å². The van der Waals surface area contributed by atoms with E-state index in [1.165, 1.54) is 281 Å². The maximum Gasteiger partial charge on any atom is 0.0726 e. The fourth-order valence-electron chi connectivity index (χ4n) is 25.8. The van der Waals surface area contributed by atoms with Gasteiger partial charge in [0, 0.05) is 144 Å². The van der Waals surface area contributed by atoms with Crippen molar-refractivity contribution in [3.8, 4) is 44.5 Å². The summed E-state index contributed by atoms with van der Waals surface area (Å²) in [7, 11) is 0. The predicted molar refractivity (Wildman–Crippen MR) is 628 cm³/mol. The van der Waals surface area contributed by atoms with E-state index >= 15 is 0 Å². The average molecular weight is 1900 g/mol. The summed E-state index contributed by atoms with van der Waals surface area (Å²) < 4.78 is 5.30. The minimum absolute atomic E-state index is 0.351. The van der Waals surface area contributed by atoms with Gasteiger partial charge in [-0.05, 0) is 276 Å². The second-order valence-corrected chi connectivity index (χ2v) is 41.9. The van der Waals surface area contributed by atoms with Crippen molar-refractivity contribution in [2.24, 2.45) is 0 Å². The molecule has 5 nitrogen and oxygen atoms in total. The summed E-state index contributed by atoms with van der Waals surface area (Å²) in [5.41, 5.74) is 33.6. The number of aromatic amines is 4. The Bertz CT molecular complexity index is 10800. The Morgan fingerprint density at radius 2 is 0.619 bits per heavy atom. The van der Waals surface area contributed by atoms with Crippen LogP contribution in [0.1, 0.15) is 44.5 Å². The van der Waals surface area contributed by atoms with Gasteiger partial charge in [0.25, 0.3) is 0 Å². The molecule has 0 saturated heterocycles. The van der Waals surface area contributed by atoms with Gasteiger partial charge in [-0.2, -0.15) is 0 Å². The van der Waals surface area contributed by atoms with Crippen LogP contribution in [0.4, 0.5) is 17.1 Å². The van der Waals surface area contributed by atoms with Gasteiger partial charge in [-0.3, -0.25) is 0 Å². The Labute approximate surface area is 853 Å². The molecule has 0 aliphatic heterocycles. The van der Waals surface area contributed by atoms with Gasteiger partial charge in [0.15, 0.2) is 0 Å². The molecule has 3 aliphatic carbocycles. The SMILES string of the molecule is c1ccc(-c2ccc3[nH]c4cc5sc6ccc7ccccc7c6c5cc4c3c2)cc1.c1ccc(C2(c3ccccc3)c3cc4c(cc3-c3ccc5ccccc5c32)[nH]c2cc3ccccc3cc24)cc1.c1ccc(N(c2ccccc2)c2ccc3sc4cc5[nH]c6ccc7ccccc7c6c5cc4c3c2)cc1.c1ccc2c(c1)-c1ccccc1C21c2cc3c(cc2-c2c1ccc1ccccc21)[nH]c1c2ccccc2ccc31. The quantitative estimate of drug-likeness (QED) is 0.132. The highest BCUT2D eigenvalue weighted by Gasteiger charge is 2.53. The lowest BCUT2D eigenvalue weighted by atomic mass is 9.66. The van der Waals surface area contributed by atoms with Crippen LogP contribution in [0, 0.1) is 0 Å². The number of fused-ring (bicyclic) bond motifs is 42. The molecule has 3 aliphatic rings. The number of para-hydroxylation sites is 2. The number of hydrogen-bond donors (Lipinski definition) is 4. The minimum atomic E-state index is -0.442. The van der Waals surface area contributed by atoms with Crippen molar-refractivity contribution >= 4 is 232 Å². The number of thiophene rings is 2. The smallest absolute Gasteiger partial charge is 0.0726 e. The van der Waals surface area contributed by atoms with Crippen molar-refractivity contribution in [3.05, 3.63) is 548 Å². The third-order valence-corrected chi connectivity index (χ3v) is 34.4. The Hall–Kier alpha value is -18.5. The topological polar surface area (TPSA) is 66.4 Å². The first-order valence-corrected chi connectivity index (χ1v) is 52.3. The fourth-order valence-corrected chi connectivity index (χ4v) is 28.1. The van der Waals surface area contributed by atoms with E-state index in [4.69, 9.17) is 0 Å². The van der Waals surface area contributed by atoms with Gasteiger partial charge >= 0.3 is 0 Å². The number of H-pyrrole nitrogens is 4. The first kappa shape index (κ1) is 83.2. The molecular weight excluding hydrogens is 1820 g/mol. The van der Waals surface area contributed by atoms with Crippen LogP contribution >= 0.6 is 22.7 Å². The highest BCUT2D eigenvalue weighted by atomic mass is 32.1. The summed E-state index contributed by atoms with van der Waals surface area (Å²) in [5, 5.41) is 31.1. The molecule has 684 valence electrons. The van der Waals surface area contributed by atoms with Gasteiger partial charge in [0.05, 0.1) is 16.3 Å². The number of anilines is 3. The van der Waals surface area contributed by atoms with Crippen molar-refractivity contribution in [1.82, 2.24) is 19.9 Å². The van der Waals surface area contributed by atoms with Crippen molar-refractivity contribution < 1.29 is 0 Å². The first-order chi connectivity index (χ1) is 72.8. The summed E-state index contributed by atoms with van der Waals surface area (Å²) in [4.78, 5) is 17.3. The number of nitrogens with zero attached hydrogens (tertiary/aromatic N) is 1. The summed E-state index contributed by atoms with van der Waals surface area (Å²) in [6, 6.07) is 185. The van der Waals surface area contributed by atoms with Gasteiger partial charge in [0.1, 0.15) is 0 Å². The molecule has 1 spiro atoms. The van der Waals surface area contributed by atoms with Crippen LogP contribution in [0.2, 0.25) is 0 Å². The highest BCUT2D eigenvalue weighted by Crippen LogP contribution is 2.66. The van der Waals surface area contributed by atoms with E-state index in [-0.39, 0.29) is 5.41 Å². The molecule has 0 amide bonds. The maximum absolute atomic E-state index is 3.85. The molecule has 0 atom stereocenters. The van der Waals surface area contributed by atoms with Crippen LogP contribution in [-0.4, -0.2) is 19.9 Å². The van der Waals surface area contributed by atoms with Crippen LogP contribution in [0.15, 0.2) is 504 Å². The zero-order valence-electron chi connectivity index (χ0n) is 79.7. The molecule has 0 radical (unpaired) electrons. The molecule has 0 saturated carbocycles. The Kier molecular flexibility index (Phi) is 18.4. The molecule has 7 heteroatoms. The Morgan fingerprint density at radius 3 is 1.31 bits per heavy atom. The second-order valence-electron chi connectivity index (χ2n) is 39.8. The number of rotatable bonds is 6. The Morgan fingerprint density at radius 1 is 0.177 bits per heavy atom. The molecule has 147 heavy (non-hydrogen) atoms. The average Bonchev–Trinajstić information content (AvgIpc) is 1.49. The lowest BCUT2D eigenvalue weighted by molar-refractivity contribution is 0.776. The second kappa shape index (κ2) is 32.5. The Balaban J connectivity index is 0.0000000893. The van der Waals surface area contributed by atoms with Gasteiger partial charge in [-0.25, -0.2) is 0 Å². The van der Waals surface area contributed by atoms with Crippen molar-refractivity contribution in [2.75, 3.05) is 4.90 Å². The van der Waals surface area contributed by atoms with Crippen molar-refractivity contribution in [2.45, 2.75) is 10.8 Å². The third kappa shape index (κ3) is 12.5. The fraction of sp³-hybridized carbons (Fsp3) is 0.0143. The molecule has 0 bridgehead atoms. The normalized spacial score (nSPS) is 13.0. The van der Waals surface area contributed by atoms with Gasteiger partial charge in [-0.15, -0.1) is 22.7 Å². The van der Waals surface area contributed by atoms with Gasteiger partial charge in [-0.1, -0.05) is 376 Å². The summed E-state index contributed by atoms with van der Waals surface area (Å²) in [5.74, 6) is 0. The zero-order valence-corrected chi connectivity index (χ0v) is 81.3. The molecule has 4 N–H and O–H groups in total. The van der Waals surface area contributed by atoms with E-state index in [1.54, 1.807) is 0 Å². The number of nitrogens with one attached hydrogen (secondary N) is 4. The number of benzene rings is 25. The molecule has 0 fully saturated rings. The molecule has 31 aromatic rings. The molecular formula is C140H87N5S2. The molecule has 0 unspecified atom stereocenters. The summed E-state index contributed by atoms with van der Waals surface area (Å²) in [6.45, 7) is 0. The first-order valence-electron chi connectivity index (χ1n) is 50.7. The number of hydrogen-bond acceptors (Lipinski definition) is 3. The zero-order chi connectivity index (χ0) is 96.3. The van der Waals surface area contributed by atoms with E-state index in [1.807, 2.05) is 22.7 Å². The minimum Gasteiger partial charge on any atom is -0.354 e. The summed E-state index contributed by atoms with van der Waals surface area (Å²) >= 11 is 3.74. The van der Waals surface area contributed by atoms with E-state index in [0.29, 0.717) is 0 Å². The monoisotopic (exact) mass is 1900 g/mol. The van der Waals surface area contributed by atoms with Crippen LogP contribution in [0.3, 0.4) is 0 Å². The van der Waals surface area contributed by atoms with Crippen LogP contribution < -0.4 is 4.90 Å². The van der Waals surface area contributed by atoms with Crippen LogP contribution in [-0.2, 0) is 10.8 Å². The number of aromatic nitrogens is 4. The van der Waals surface area contributed by atoms with E-state index < -0.39 is 5.41 Å². The molecule has 34 rings (SSSR count). The lowest BCUT2D eigenvalue weighted by Gasteiger charge is -2.34. The molecule has 6 heterocycles. The lowest BCUT2D eigenvalue weighted by Crippen LogP contribution is -2.28. The van der Waals surface area contributed by atoms with Gasteiger partial charge in [0.2, 0.25) is 0 Å². The third-order valence-electron chi connectivity index (χ3n) is 32.1. The van der Waals surface area contributed by atoms with E-state index in [0.717, 1.165) is 17.1 Å². The van der Waals surface area contributed by atoms with Crippen molar-refractivity contribution in [3.63, 3.8) is 0 Å². The predicted octanol–water partition coefficient (Wildman–Crippen LogP) is 38.8. The summed E-state index contributed by atoms with van der Waals surface area (Å²) in [6.07, 6.45) is 0. The highest BCUT2D eigenvalue weighted by molar-refractivity contribution is 7.26. The van der Waals surface area contributed by atoms with Crippen molar-refractivity contribution in [1.29, 1.82) is 0 Å². The van der Waals surface area contributed by atoms with Crippen LogP contribution in [0.5, 0.6) is 0 Å². The molecule has 6 aromatic heterocycles. The van der Waals surface area contributed by atoms with E-state index in [9.17, 15) is 0 Å². The molecule has 25 aromatic carbocycles. The van der Waals surface area contributed by atoms with E-state index in [2.05, 4.69) is 528 Å². The standard InChI is InChI=1S/C39H23N.C39H25N.C34H22N2S.C28H17NS/c1-3-11-25-23(9-1)18-20-34-37(25)31-22-36-30(29-19-17-24-10-2-4-12-26(24)38(29)40-36)21-35(31)39(34)32-15-7-5-13-27(32)28-14-6-8-16-33(28)39;1-3-14-28(15-4-1)39(29-16-5-2-6-17-29)35-23-34-33-21-26-12-7-8-13-27(26)22-36(33)40-37(34)24-32(35)31-20-19-25-11-9-10-18-30(25)38(31)39;1-3-10-23(11-4-1)36(24-12-5-2-6-13-24)25-16-18-32-27(19-25)28-20-29-31(21-33(28)37-32)35-30-17-15-22-9-7-8-14-26(22)34(29)30;1-2-6-17(7-3-1)19-10-12-24-21(14-19)22-15-23-27(16-25(22)29-24)30-26-13-11-18-8-4-5-9-20(18)28(23)26/h1-22,40H;1-24,40H;1-21,35H;1-16,29H. The van der Waals surface area contributed by atoms with Gasteiger partial charge < -0.3 is 24.8 Å². The maximum atomic E-state index is 3.85. The largest absolute Gasteiger partial charge is 0.354 e.